The molecular weight excluding hydrogens is 508 g/mol. The van der Waals surface area contributed by atoms with Crippen molar-refractivity contribution in [3.05, 3.63) is 76.8 Å². The van der Waals surface area contributed by atoms with Crippen molar-refractivity contribution in [2.24, 2.45) is 0 Å². The molecule has 0 saturated carbocycles. The third-order valence-electron chi connectivity index (χ3n) is 5.14. The third kappa shape index (κ3) is 4.41. The van der Waals surface area contributed by atoms with Crippen LogP contribution in [0.3, 0.4) is 0 Å². The first kappa shape index (κ1) is 24.2. The van der Waals surface area contributed by atoms with Gasteiger partial charge in [0.25, 0.3) is 10.0 Å². The van der Waals surface area contributed by atoms with Crippen LogP contribution in [0.5, 0.6) is 5.75 Å². The molecule has 1 heterocycles. The van der Waals surface area contributed by atoms with E-state index in [0.29, 0.717) is 6.07 Å². The molecule has 12 heteroatoms. The van der Waals surface area contributed by atoms with E-state index >= 15 is 0 Å². The first-order chi connectivity index (χ1) is 15.8. The number of nitrogens with zero attached hydrogens (tertiary/aromatic N) is 1. The van der Waals surface area contributed by atoms with Crippen LogP contribution in [0.1, 0.15) is 11.1 Å². The highest BCUT2D eigenvalue weighted by atomic mass is 35.5. The zero-order valence-corrected chi connectivity index (χ0v) is 18.5. The quantitative estimate of drug-likeness (QED) is 0.363. The molecule has 1 aliphatic heterocycles. The fraction of sp³-hybridized carbons (Fsp3) is 0.182. The van der Waals surface area contributed by atoms with Gasteiger partial charge >= 0.3 is 12.4 Å². The summed E-state index contributed by atoms with van der Waals surface area (Å²) in [4.78, 5) is -0.585. The highest BCUT2D eigenvalue weighted by Gasteiger charge is 2.36. The number of fused-ring (bicyclic) bond motifs is 1. The maximum atomic E-state index is 13.3. The van der Waals surface area contributed by atoms with Crippen molar-refractivity contribution in [1.82, 2.24) is 0 Å². The minimum Gasteiger partial charge on any atom is -0.489 e. The van der Waals surface area contributed by atoms with Gasteiger partial charge in [-0.1, -0.05) is 35.9 Å². The molecule has 180 valence electrons. The number of ether oxygens (including phenoxy) is 1. The molecule has 0 N–H and O–H groups in total. The van der Waals surface area contributed by atoms with Crippen LogP contribution < -0.4 is 9.04 Å². The Morgan fingerprint density at radius 1 is 0.882 bits per heavy atom. The SMILES string of the molecule is O=S(=O)(c1cccc(C(F)(F)F)c1)N1CCOc2ccc(-c3cccc(C(F)(F)F)c3Cl)cc21. The first-order valence-electron chi connectivity index (χ1n) is 9.63. The van der Waals surface area contributed by atoms with Crippen molar-refractivity contribution < 1.29 is 39.5 Å². The van der Waals surface area contributed by atoms with Gasteiger partial charge in [0, 0.05) is 5.56 Å². The molecule has 0 radical (unpaired) electrons. The molecule has 0 atom stereocenters. The average molecular weight is 522 g/mol. The molecule has 3 aromatic carbocycles. The number of sulfonamides is 1. The number of hydrogen-bond donors (Lipinski definition) is 0. The number of alkyl halides is 6. The van der Waals surface area contributed by atoms with E-state index in [-0.39, 0.29) is 35.7 Å². The molecule has 4 nitrogen and oxygen atoms in total. The van der Waals surface area contributed by atoms with E-state index in [4.69, 9.17) is 16.3 Å². The minimum absolute atomic E-state index is 0.00119. The van der Waals surface area contributed by atoms with Crippen molar-refractivity contribution in [1.29, 1.82) is 0 Å². The van der Waals surface area contributed by atoms with Crippen LogP contribution in [0.15, 0.2) is 65.6 Å². The van der Waals surface area contributed by atoms with Crippen molar-refractivity contribution in [3.63, 3.8) is 0 Å². The maximum Gasteiger partial charge on any atom is 0.417 e. The van der Waals surface area contributed by atoms with Gasteiger partial charge in [0.05, 0.1) is 33.3 Å². The van der Waals surface area contributed by atoms with E-state index in [2.05, 4.69) is 0 Å². The van der Waals surface area contributed by atoms with E-state index in [0.717, 1.165) is 34.6 Å². The predicted octanol–water partition coefficient (Wildman–Crippen LogP) is 6.63. The Bertz CT molecular complexity index is 1360. The highest BCUT2D eigenvalue weighted by molar-refractivity contribution is 7.92. The molecule has 3 aromatic rings. The van der Waals surface area contributed by atoms with Crippen LogP contribution in [0.25, 0.3) is 11.1 Å². The zero-order valence-electron chi connectivity index (χ0n) is 16.9. The van der Waals surface area contributed by atoms with Gasteiger partial charge in [-0.3, -0.25) is 4.31 Å². The summed E-state index contributed by atoms with van der Waals surface area (Å²) in [6.07, 6.45) is -9.45. The van der Waals surface area contributed by atoms with Crippen LogP contribution >= 0.6 is 11.6 Å². The summed E-state index contributed by atoms with van der Waals surface area (Å²) >= 11 is 6.00. The lowest BCUT2D eigenvalue weighted by atomic mass is 10.0. The van der Waals surface area contributed by atoms with Gasteiger partial charge in [-0.25, -0.2) is 8.42 Å². The van der Waals surface area contributed by atoms with Gasteiger partial charge < -0.3 is 4.74 Å². The van der Waals surface area contributed by atoms with Gasteiger partial charge in [-0.15, -0.1) is 0 Å². The molecule has 4 rings (SSSR count). The molecule has 0 aromatic heterocycles. The Hall–Kier alpha value is -2.92. The van der Waals surface area contributed by atoms with Crippen LogP contribution in [-0.2, 0) is 22.4 Å². The number of rotatable bonds is 3. The highest BCUT2D eigenvalue weighted by Crippen LogP contribution is 2.43. The molecule has 0 amide bonds. The van der Waals surface area contributed by atoms with E-state index in [9.17, 15) is 34.8 Å². The summed E-state index contributed by atoms with van der Waals surface area (Å²) in [6.45, 7) is -0.291. The Balaban J connectivity index is 1.82. The molecule has 0 fully saturated rings. The Morgan fingerprint density at radius 3 is 2.26 bits per heavy atom. The molecule has 0 aliphatic carbocycles. The molecule has 0 spiro atoms. The predicted molar refractivity (Wildman–Crippen MR) is 113 cm³/mol. The molecule has 1 aliphatic rings. The summed E-state index contributed by atoms with van der Waals surface area (Å²) in [5.74, 6) is 0.105. The second-order valence-electron chi connectivity index (χ2n) is 7.30. The number of benzene rings is 3. The molecule has 0 saturated heterocycles. The summed E-state index contributed by atoms with van der Waals surface area (Å²) < 4.78 is 112. The van der Waals surface area contributed by atoms with E-state index in [1.807, 2.05) is 0 Å². The van der Waals surface area contributed by atoms with E-state index in [1.54, 1.807) is 0 Å². The van der Waals surface area contributed by atoms with E-state index in [1.165, 1.54) is 24.3 Å². The van der Waals surface area contributed by atoms with Crippen LogP contribution in [0, 0.1) is 0 Å². The molecule has 34 heavy (non-hydrogen) atoms. The number of anilines is 1. The second kappa shape index (κ2) is 8.38. The van der Waals surface area contributed by atoms with Crippen molar-refractivity contribution in [2.45, 2.75) is 17.2 Å². The summed E-state index contributed by atoms with van der Waals surface area (Å²) in [6, 6.07) is 10.7. The van der Waals surface area contributed by atoms with Crippen LogP contribution in [-0.4, -0.2) is 21.6 Å². The summed E-state index contributed by atoms with van der Waals surface area (Å²) in [5.41, 5.74) is -2.05. The molecule has 0 unspecified atom stereocenters. The Labute approximate surface area is 195 Å². The second-order valence-corrected chi connectivity index (χ2v) is 9.54. The average Bonchev–Trinajstić information content (AvgIpc) is 2.77. The lowest BCUT2D eigenvalue weighted by Crippen LogP contribution is -2.38. The first-order valence-corrected chi connectivity index (χ1v) is 11.4. The standard InChI is InChI=1S/C22H14ClF6NO3S/c23-20-16(5-2-6-17(20)22(27,28)29)13-7-8-19-18(11-13)30(9-10-33-19)34(31,32)15-4-1-3-14(12-15)21(24,25)26/h1-8,11-12H,9-10H2. The zero-order chi connectivity index (χ0) is 24.9. The van der Waals surface area contributed by atoms with Crippen molar-refractivity contribution >= 4 is 27.3 Å². The fourth-order valence-corrected chi connectivity index (χ4v) is 5.38. The minimum atomic E-state index is -4.75. The smallest absolute Gasteiger partial charge is 0.417 e. The Kier molecular flexibility index (Phi) is 5.97. The van der Waals surface area contributed by atoms with Gasteiger partial charge in [-0.2, -0.15) is 26.3 Å². The number of hydrogen-bond acceptors (Lipinski definition) is 3. The van der Waals surface area contributed by atoms with Crippen LogP contribution in [0.2, 0.25) is 5.02 Å². The van der Waals surface area contributed by atoms with Crippen molar-refractivity contribution in [3.8, 4) is 16.9 Å². The van der Waals surface area contributed by atoms with E-state index < -0.39 is 43.4 Å². The van der Waals surface area contributed by atoms with Gasteiger partial charge in [-0.05, 0) is 42.0 Å². The summed E-state index contributed by atoms with van der Waals surface area (Å²) in [7, 11) is -4.46. The molecule has 0 bridgehead atoms. The molecular formula is C22H14ClF6NO3S. The normalized spacial score (nSPS) is 14.5. The van der Waals surface area contributed by atoms with Crippen LogP contribution in [0.4, 0.5) is 32.0 Å². The van der Waals surface area contributed by atoms with Gasteiger partial charge in [0.2, 0.25) is 0 Å². The summed E-state index contributed by atoms with van der Waals surface area (Å²) in [5, 5.41) is -0.570. The van der Waals surface area contributed by atoms with Gasteiger partial charge in [0.1, 0.15) is 12.4 Å². The lowest BCUT2D eigenvalue weighted by molar-refractivity contribution is -0.138. The largest absolute Gasteiger partial charge is 0.489 e. The van der Waals surface area contributed by atoms with Crippen molar-refractivity contribution in [2.75, 3.05) is 17.5 Å². The fourth-order valence-electron chi connectivity index (χ4n) is 3.54. The Morgan fingerprint density at radius 2 is 1.59 bits per heavy atom. The number of halogens is 7. The topological polar surface area (TPSA) is 46.6 Å². The monoisotopic (exact) mass is 521 g/mol. The van der Waals surface area contributed by atoms with Gasteiger partial charge in [0.15, 0.2) is 0 Å². The maximum absolute atomic E-state index is 13.3. The lowest BCUT2D eigenvalue weighted by Gasteiger charge is -2.31. The third-order valence-corrected chi connectivity index (χ3v) is 7.36.